The van der Waals surface area contributed by atoms with Crippen LogP contribution >= 0.6 is 0 Å². The van der Waals surface area contributed by atoms with Gasteiger partial charge in [-0.05, 0) is 6.42 Å². The molecule has 0 bridgehead atoms. The molecule has 4 nitrogen and oxygen atoms in total. The van der Waals surface area contributed by atoms with Gasteiger partial charge in [0, 0.05) is 6.61 Å². The Morgan fingerprint density at radius 2 is 2.56 bits per heavy atom. The summed E-state index contributed by atoms with van der Waals surface area (Å²) in [7, 11) is 0. The highest BCUT2D eigenvalue weighted by Crippen LogP contribution is 2.11. The lowest BCUT2D eigenvalue weighted by Gasteiger charge is -2.01. The molecule has 52 valence electrons. The van der Waals surface area contributed by atoms with Crippen LogP contribution in [0, 0.1) is 5.92 Å². The fourth-order valence-corrected chi connectivity index (χ4v) is 0.833. The van der Waals surface area contributed by atoms with E-state index in [9.17, 15) is 4.79 Å². The Bertz CT molecular complexity index is 109. The molecule has 0 aromatic carbocycles. The van der Waals surface area contributed by atoms with Crippen molar-refractivity contribution in [1.29, 1.82) is 0 Å². The molecular weight excluding hydrogens is 122 g/mol. The molecule has 1 unspecified atom stereocenters. The largest absolute Gasteiger partial charge is 0.381 e. The number of rotatable bonds is 1. The van der Waals surface area contributed by atoms with Gasteiger partial charge in [0.1, 0.15) is 0 Å². The van der Waals surface area contributed by atoms with Crippen LogP contribution < -0.4 is 5.48 Å². The monoisotopic (exact) mass is 131 g/mol. The first kappa shape index (κ1) is 6.51. The summed E-state index contributed by atoms with van der Waals surface area (Å²) in [5.74, 6) is -0.484. The summed E-state index contributed by atoms with van der Waals surface area (Å²) in [6.45, 7) is 1.06. The molecule has 2 N–H and O–H groups in total. The second-order valence-corrected chi connectivity index (χ2v) is 2.04. The van der Waals surface area contributed by atoms with E-state index in [1.807, 2.05) is 0 Å². The van der Waals surface area contributed by atoms with Crippen LogP contribution in [0.25, 0.3) is 0 Å². The fraction of sp³-hybridized carbons (Fsp3) is 0.800. The van der Waals surface area contributed by atoms with E-state index in [4.69, 9.17) is 9.94 Å². The highest BCUT2D eigenvalue weighted by molar-refractivity contribution is 5.77. The van der Waals surface area contributed by atoms with E-state index in [1.165, 1.54) is 0 Å². The molecule has 0 aromatic heterocycles. The summed E-state index contributed by atoms with van der Waals surface area (Å²) < 4.78 is 4.91. The van der Waals surface area contributed by atoms with Gasteiger partial charge in [-0.3, -0.25) is 10.0 Å². The standard InChI is InChI=1S/C5H9NO3/c7-5(6-8)4-1-2-9-3-4/h4,8H,1-3H2,(H,6,7). The Morgan fingerprint density at radius 1 is 1.78 bits per heavy atom. The van der Waals surface area contributed by atoms with Crippen LogP contribution in [0.1, 0.15) is 6.42 Å². The number of hydroxylamine groups is 1. The number of amides is 1. The molecule has 0 aliphatic carbocycles. The molecule has 1 aliphatic heterocycles. The van der Waals surface area contributed by atoms with E-state index in [-0.39, 0.29) is 11.8 Å². The lowest BCUT2D eigenvalue weighted by molar-refractivity contribution is -0.133. The van der Waals surface area contributed by atoms with Gasteiger partial charge < -0.3 is 4.74 Å². The average Bonchev–Trinajstić information content (AvgIpc) is 2.37. The number of hydrogen-bond donors (Lipinski definition) is 2. The molecular formula is C5H9NO3. The number of ether oxygens (including phenoxy) is 1. The van der Waals surface area contributed by atoms with Crippen molar-refractivity contribution in [3.8, 4) is 0 Å². The van der Waals surface area contributed by atoms with Crippen LogP contribution in [0.15, 0.2) is 0 Å². The first-order valence-electron chi connectivity index (χ1n) is 2.86. The minimum atomic E-state index is -0.340. The Hall–Kier alpha value is -0.610. The van der Waals surface area contributed by atoms with E-state index < -0.39 is 0 Å². The van der Waals surface area contributed by atoms with E-state index in [1.54, 1.807) is 5.48 Å². The minimum absolute atomic E-state index is 0.144. The summed E-state index contributed by atoms with van der Waals surface area (Å²) in [5.41, 5.74) is 1.59. The van der Waals surface area contributed by atoms with Crippen LogP contribution in [0.4, 0.5) is 0 Å². The topological polar surface area (TPSA) is 58.6 Å². The zero-order valence-electron chi connectivity index (χ0n) is 4.96. The lowest BCUT2D eigenvalue weighted by Crippen LogP contribution is -2.27. The van der Waals surface area contributed by atoms with Gasteiger partial charge in [-0.15, -0.1) is 0 Å². The van der Waals surface area contributed by atoms with Crippen LogP contribution in [-0.4, -0.2) is 24.3 Å². The molecule has 9 heavy (non-hydrogen) atoms. The van der Waals surface area contributed by atoms with Crippen molar-refractivity contribution in [1.82, 2.24) is 5.48 Å². The number of hydrogen-bond acceptors (Lipinski definition) is 3. The van der Waals surface area contributed by atoms with Crippen molar-refractivity contribution in [3.63, 3.8) is 0 Å². The first-order chi connectivity index (χ1) is 4.34. The lowest BCUT2D eigenvalue weighted by atomic mass is 10.1. The van der Waals surface area contributed by atoms with Gasteiger partial charge in [0.15, 0.2) is 0 Å². The summed E-state index contributed by atoms with van der Waals surface area (Å²) in [5, 5.41) is 8.14. The number of carbonyl (C=O) groups excluding carboxylic acids is 1. The van der Waals surface area contributed by atoms with Crippen molar-refractivity contribution < 1.29 is 14.7 Å². The summed E-state index contributed by atoms with van der Waals surface area (Å²) >= 11 is 0. The van der Waals surface area contributed by atoms with Crippen LogP contribution in [0.2, 0.25) is 0 Å². The second-order valence-electron chi connectivity index (χ2n) is 2.04. The highest BCUT2D eigenvalue weighted by atomic mass is 16.5. The van der Waals surface area contributed by atoms with Crippen molar-refractivity contribution in [2.45, 2.75) is 6.42 Å². The Kier molecular flexibility index (Phi) is 2.02. The minimum Gasteiger partial charge on any atom is -0.381 e. The second kappa shape index (κ2) is 2.80. The maximum absolute atomic E-state index is 10.6. The summed E-state index contributed by atoms with van der Waals surface area (Å²) in [4.78, 5) is 10.6. The molecule has 1 amide bonds. The molecule has 1 rings (SSSR count). The van der Waals surface area contributed by atoms with Crippen molar-refractivity contribution in [3.05, 3.63) is 0 Å². The van der Waals surface area contributed by atoms with Crippen molar-refractivity contribution in [2.75, 3.05) is 13.2 Å². The van der Waals surface area contributed by atoms with Crippen LogP contribution in [0.5, 0.6) is 0 Å². The van der Waals surface area contributed by atoms with Gasteiger partial charge in [0.25, 0.3) is 0 Å². The normalized spacial score (nSPS) is 26.1. The molecule has 1 aliphatic rings. The highest BCUT2D eigenvalue weighted by Gasteiger charge is 2.22. The quantitative estimate of drug-likeness (QED) is 0.373. The van der Waals surface area contributed by atoms with Gasteiger partial charge in [-0.2, -0.15) is 0 Å². The maximum atomic E-state index is 10.6. The van der Waals surface area contributed by atoms with Gasteiger partial charge in [-0.1, -0.05) is 0 Å². The van der Waals surface area contributed by atoms with Crippen LogP contribution in [-0.2, 0) is 9.53 Å². The molecule has 1 atom stereocenters. The van der Waals surface area contributed by atoms with Gasteiger partial charge >= 0.3 is 0 Å². The fourth-order valence-electron chi connectivity index (χ4n) is 0.833. The van der Waals surface area contributed by atoms with Crippen molar-refractivity contribution in [2.24, 2.45) is 5.92 Å². The Morgan fingerprint density at radius 3 is 3.00 bits per heavy atom. The zero-order valence-corrected chi connectivity index (χ0v) is 4.96. The third-order valence-corrected chi connectivity index (χ3v) is 1.41. The molecule has 0 radical (unpaired) electrons. The number of carbonyl (C=O) groups is 1. The molecule has 1 saturated heterocycles. The summed E-state index contributed by atoms with van der Waals surface area (Å²) in [6, 6.07) is 0. The average molecular weight is 131 g/mol. The smallest absolute Gasteiger partial charge is 0.248 e. The van der Waals surface area contributed by atoms with E-state index in [2.05, 4.69) is 0 Å². The first-order valence-corrected chi connectivity index (χ1v) is 2.86. The van der Waals surface area contributed by atoms with Gasteiger partial charge in [0.2, 0.25) is 5.91 Å². The zero-order chi connectivity index (χ0) is 6.69. The van der Waals surface area contributed by atoms with Gasteiger partial charge in [-0.25, -0.2) is 5.48 Å². The van der Waals surface area contributed by atoms with Crippen LogP contribution in [0.3, 0.4) is 0 Å². The third kappa shape index (κ3) is 1.40. The van der Waals surface area contributed by atoms with E-state index in [0.717, 1.165) is 0 Å². The van der Waals surface area contributed by atoms with Gasteiger partial charge in [0.05, 0.1) is 12.5 Å². The Labute approximate surface area is 52.8 Å². The van der Waals surface area contributed by atoms with Crippen molar-refractivity contribution >= 4 is 5.91 Å². The molecule has 0 aromatic rings. The summed E-state index contributed by atoms with van der Waals surface area (Å²) in [6.07, 6.45) is 0.715. The number of nitrogens with one attached hydrogen (secondary N) is 1. The molecule has 0 saturated carbocycles. The third-order valence-electron chi connectivity index (χ3n) is 1.41. The molecule has 1 fully saturated rings. The van der Waals surface area contributed by atoms with E-state index >= 15 is 0 Å². The van der Waals surface area contributed by atoms with E-state index in [0.29, 0.717) is 19.6 Å². The molecule has 1 heterocycles. The predicted molar refractivity (Wildman–Crippen MR) is 28.9 cm³/mol. The maximum Gasteiger partial charge on any atom is 0.248 e. The molecule has 4 heteroatoms. The Balaban J connectivity index is 2.32. The predicted octanol–water partition coefficient (Wildman–Crippen LogP) is -0.472. The molecule has 0 spiro atoms. The SMILES string of the molecule is O=C(NO)C1CCOC1.